The zero-order chi connectivity index (χ0) is 24.2. The molecule has 1 amide bonds. The molecule has 174 valence electrons. The van der Waals surface area contributed by atoms with Crippen molar-refractivity contribution in [1.29, 1.82) is 0 Å². The minimum absolute atomic E-state index is 0.0171. The number of ether oxygens (including phenoxy) is 2. The van der Waals surface area contributed by atoms with E-state index in [1.165, 1.54) is 23.0 Å². The highest BCUT2D eigenvalue weighted by Gasteiger charge is 2.23. The standard InChI is InChI=1S/C25H25Cl2NO4S/c1-5-31-24(30)22-18(15-6-8-16(9-7-15)25(2,3)4)14-33-23(22)28-21(29)13-32-20-11-10-17(26)12-19(20)27/h6-12,14H,5,13H2,1-4H3,(H,28,29). The highest BCUT2D eigenvalue weighted by Crippen LogP contribution is 2.37. The Balaban J connectivity index is 1.82. The molecule has 0 aliphatic carbocycles. The van der Waals surface area contributed by atoms with Crippen molar-refractivity contribution in [2.75, 3.05) is 18.5 Å². The number of carbonyl (C=O) groups is 2. The number of halogens is 2. The molecule has 0 aliphatic heterocycles. The largest absolute Gasteiger partial charge is 0.482 e. The molecule has 2 aromatic carbocycles. The van der Waals surface area contributed by atoms with Crippen molar-refractivity contribution in [2.24, 2.45) is 0 Å². The van der Waals surface area contributed by atoms with E-state index in [1.54, 1.807) is 19.1 Å². The van der Waals surface area contributed by atoms with E-state index in [0.29, 0.717) is 31.9 Å². The Morgan fingerprint density at radius 2 is 1.76 bits per heavy atom. The smallest absolute Gasteiger partial charge is 0.341 e. The Labute approximate surface area is 207 Å². The van der Waals surface area contributed by atoms with Crippen molar-refractivity contribution in [3.8, 4) is 16.9 Å². The maximum atomic E-state index is 12.8. The van der Waals surface area contributed by atoms with Crippen LogP contribution in [0.15, 0.2) is 47.8 Å². The normalized spacial score (nSPS) is 11.2. The Morgan fingerprint density at radius 1 is 1.06 bits per heavy atom. The second-order valence-electron chi connectivity index (χ2n) is 8.31. The van der Waals surface area contributed by atoms with Crippen LogP contribution in [0.2, 0.25) is 10.0 Å². The minimum atomic E-state index is -0.495. The van der Waals surface area contributed by atoms with Gasteiger partial charge in [-0.05, 0) is 41.7 Å². The Morgan fingerprint density at radius 3 is 2.36 bits per heavy atom. The van der Waals surface area contributed by atoms with E-state index >= 15 is 0 Å². The zero-order valence-corrected chi connectivity index (χ0v) is 21.2. The average Bonchev–Trinajstić information content (AvgIpc) is 3.16. The molecule has 0 atom stereocenters. The van der Waals surface area contributed by atoms with E-state index in [0.717, 1.165) is 5.56 Å². The molecular weight excluding hydrogens is 481 g/mol. The molecule has 33 heavy (non-hydrogen) atoms. The molecule has 3 rings (SSSR count). The van der Waals surface area contributed by atoms with Gasteiger partial charge in [0.25, 0.3) is 5.91 Å². The second kappa shape index (κ2) is 10.6. The third-order valence-corrected chi connectivity index (χ3v) is 6.26. The van der Waals surface area contributed by atoms with Crippen molar-refractivity contribution < 1.29 is 19.1 Å². The Kier molecular flexibility index (Phi) is 8.05. The third kappa shape index (κ3) is 6.28. The number of hydrogen-bond donors (Lipinski definition) is 1. The summed E-state index contributed by atoms with van der Waals surface area (Å²) in [6, 6.07) is 12.8. The van der Waals surface area contributed by atoms with Crippen LogP contribution >= 0.6 is 34.5 Å². The van der Waals surface area contributed by atoms with Crippen molar-refractivity contribution in [3.63, 3.8) is 0 Å². The van der Waals surface area contributed by atoms with E-state index in [4.69, 9.17) is 32.7 Å². The minimum Gasteiger partial charge on any atom is -0.482 e. The number of carbonyl (C=O) groups excluding carboxylic acids is 2. The molecule has 0 fully saturated rings. The number of hydrogen-bond acceptors (Lipinski definition) is 5. The predicted molar refractivity (Wildman–Crippen MR) is 135 cm³/mol. The van der Waals surface area contributed by atoms with Crippen LogP contribution < -0.4 is 10.1 Å². The number of thiophene rings is 1. The van der Waals surface area contributed by atoms with Gasteiger partial charge in [0.15, 0.2) is 6.61 Å². The molecule has 0 spiro atoms. The van der Waals surface area contributed by atoms with Gasteiger partial charge in [-0.3, -0.25) is 4.79 Å². The zero-order valence-electron chi connectivity index (χ0n) is 18.8. The summed E-state index contributed by atoms with van der Waals surface area (Å²) in [5.41, 5.74) is 3.10. The SMILES string of the molecule is CCOC(=O)c1c(-c2ccc(C(C)(C)C)cc2)csc1NC(=O)COc1ccc(Cl)cc1Cl. The van der Waals surface area contributed by atoms with Crippen molar-refractivity contribution >= 4 is 51.4 Å². The number of amides is 1. The fourth-order valence-electron chi connectivity index (χ4n) is 3.12. The maximum Gasteiger partial charge on any atom is 0.341 e. The van der Waals surface area contributed by atoms with E-state index in [2.05, 4.69) is 26.1 Å². The van der Waals surface area contributed by atoms with Gasteiger partial charge >= 0.3 is 5.97 Å². The molecule has 0 aliphatic rings. The maximum absolute atomic E-state index is 12.8. The van der Waals surface area contributed by atoms with Gasteiger partial charge in [-0.2, -0.15) is 0 Å². The molecule has 0 saturated carbocycles. The topological polar surface area (TPSA) is 64.6 Å². The van der Waals surface area contributed by atoms with Crippen molar-refractivity contribution in [1.82, 2.24) is 0 Å². The highest BCUT2D eigenvalue weighted by molar-refractivity contribution is 7.15. The van der Waals surface area contributed by atoms with Gasteiger partial charge in [0.1, 0.15) is 16.3 Å². The number of anilines is 1. The van der Waals surface area contributed by atoms with E-state index in [9.17, 15) is 9.59 Å². The molecule has 1 heterocycles. The lowest BCUT2D eigenvalue weighted by Gasteiger charge is -2.19. The third-order valence-electron chi connectivity index (χ3n) is 4.84. The fourth-order valence-corrected chi connectivity index (χ4v) is 4.55. The monoisotopic (exact) mass is 505 g/mol. The average molecular weight is 506 g/mol. The Hall–Kier alpha value is -2.54. The van der Waals surface area contributed by atoms with Crippen LogP contribution in [-0.2, 0) is 14.9 Å². The van der Waals surface area contributed by atoms with E-state index in [-0.39, 0.29) is 18.6 Å². The lowest BCUT2D eigenvalue weighted by atomic mass is 9.86. The van der Waals surface area contributed by atoms with Crippen LogP contribution in [0.1, 0.15) is 43.6 Å². The first-order valence-corrected chi connectivity index (χ1v) is 12.0. The number of nitrogens with one attached hydrogen (secondary N) is 1. The van der Waals surface area contributed by atoms with Gasteiger partial charge in [0, 0.05) is 16.0 Å². The summed E-state index contributed by atoms with van der Waals surface area (Å²) in [5.74, 6) is -0.582. The predicted octanol–water partition coefficient (Wildman–Crippen LogP) is 7.21. The Bertz CT molecular complexity index is 1150. The number of esters is 1. The first kappa shape index (κ1) is 25.1. The van der Waals surface area contributed by atoms with Crippen LogP contribution in [0.4, 0.5) is 5.00 Å². The van der Waals surface area contributed by atoms with Gasteiger partial charge in [-0.15, -0.1) is 11.3 Å². The number of rotatable bonds is 7. The van der Waals surface area contributed by atoms with E-state index in [1.807, 2.05) is 29.6 Å². The quantitative estimate of drug-likeness (QED) is 0.344. The molecule has 1 N–H and O–H groups in total. The van der Waals surface area contributed by atoms with Crippen molar-refractivity contribution in [3.05, 3.63) is 69.0 Å². The molecule has 1 aromatic heterocycles. The molecule has 8 heteroatoms. The lowest BCUT2D eigenvalue weighted by Crippen LogP contribution is -2.21. The van der Waals surface area contributed by atoms with Gasteiger partial charge in [0.2, 0.25) is 0 Å². The fraction of sp³-hybridized carbons (Fsp3) is 0.280. The summed E-state index contributed by atoms with van der Waals surface area (Å²) < 4.78 is 10.8. The summed E-state index contributed by atoms with van der Waals surface area (Å²) in [6.07, 6.45) is 0. The molecule has 3 aromatic rings. The molecule has 5 nitrogen and oxygen atoms in total. The van der Waals surface area contributed by atoms with Crippen LogP contribution in [0.25, 0.3) is 11.1 Å². The highest BCUT2D eigenvalue weighted by atomic mass is 35.5. The van der Waals surface area contributed by atoms with Gasteiger partial charge in [0.05, 0.1) is 11.6 Å². The first-order chi connectivity index (χ1) is 15.6. The lowest BCUT2D eigenvalue weighted by molar-refractivity contribution is -0.118. The summed E-state index contributed by atoms with van der Waals surface area (Å²) in [4.78, 5) is 25.3. The molecular formula is C25H25Cl2NO4S. The molecule has 0 radical (unpaired) electrons. The summed E-state index contributed by atoms with van der Waals surface area (Å²) in [5, 5.41) is 5.78. The van der Waals surface area contributed by atoms with Gasteiger partial charge in [-0.25, -0.2) is 4.79 Å². The first-order valence-electron chi connectivity index (χ1n) is 10.4. The van der Waals surface area contributed by atoms with Crippen molar-refractivity contribution in [2.45, 2.75) is 33.1 Å². The van der Waals surface area contributed by atoms with Crippen LogP contribution in [0.3, 0.4) is 0 Å². The molecule has 0 unspecified atom stereocenters. The summed E-state index contributed by atoms with van der Waals surface area (Å²) >= 11 is 13.2. The molecule has 0 saturated heterocycles. The van der Waals surface area contributed by atoms with Crippen LogP contribution in [0.5, 0.6) is 5.75 Å². The summed E-state index contributed by atoms with van der Waals surface area (Å²) in [6.45, 7) is 8.11. The van der Waals surface area contributed by atoms with Gasteiger partial charge < -0.3 is 14.8 Å². The summed E-state index contributed by atoms with van der Waals surface area (Å²) in [7, 11) is 0. The second-order valence-corrected chi connectivity index (χ2v) is 10.0. The molecule has 0 bridgehead atoms. The number of benzene rings is 2. The van der Waals surface area contributed by atoms with Gasteiger partial charge in [-0.1, -0.05) is 68.2 Å². The van der Waals surface area contributed by atoms with Crippen LogP contribution in [-0.4, -0.2) is 25.1 Å². The van der Waals surface area contributed by atoms with Crippen LogP contribution in [0, 0.1) is 0 Å². The van der Waals surface area contributed by atoms with E-state index < -0.39 is 11.9 Å².